The molecule has 1 amide bonds. The highest BCUT2D eigenvalue weighted by molar-refractivity contribution is 5.92. The summed E-state index contributed by atoms with van der Waals surface area (Å²) < 4.78 is 18.6. The number of fused-ring (bicyclic) bond motifs is 1. The number of carbonyl (C=O) groups excluding carboxylic acids is 1. The number of halogens is 1. The van der Waals surface area contributed by atoms with Crippen molar-refractivity contribution in [3.8, 4) is 5.75 Å². The molecule has 1 aliphatic heterocycles. The number of nitrogens with one attached hydrogen (secondary N) is 1. The SMILES string of the molecule is O=C(/C=C/c1ccc2c(c1)CCO2)NC(c1ccc(F)cc1)C1CC1. The predicted octanol–water partition coefficient (Wildman–Crippen LogP) is 4.04. The van der Waals surface area contributed by atoms with Crippen LogP contribution < -0.4 is 10.1 Å². The molecule has 1 saturated carbocycles. The Balaban J connectivity index is 1.44. The van der Waals surface area contributed by atoms with Gasteiger partial charge in [0.1, 0.15) is 11.6 Å². The van der Waals surface area contributed by atoms with Crippen LogP contribution in [-0.4, -0.2) is 12.5 Å². The first-order chi connectivity index (χ1) is 12.2. The Labute approximate surface area is 146 Å². The van der Waals surface area contributed by atoms with E-state index >= 15 is 0 Å². The van der Waals surface area contributed by atoms with E-state index in [1.807, 2.05) is 18.2 Å². The van der Waals surface area contributed by atoms with Crippen molar-refractivity contribution in [2.45, 2.75) is 25.3 Å². The molecule has 0 bridgehead atoms. The zero-order valence-electron chi connectivity index (χ0n) is 13.9. The van der Waals surface area contributed by atoms with Crippen LogP contribution in [0.25, 0.3) is 6.08 Å². The third-order valence-electron chi connectivity index (χ3n) is 4.76. The lowest BCUT2D eigenvalue weighted by Gasteiger charge is -2.17. The summed E-state index contributed by atoms with van der Waals surface area (Å²) in [5, 5.41) is 3.06. The van der Waals surface area contributed by atoms with Crippen LogP contribution in [0.15, 0.2) is 48.5 Å². The largest absolute Gasteiger partial charge is 0.493 e. The van der Waals surface area contributed by atoms with Crippen LogP contribution >= 0.6 is 0 Å². The van der Waals surface area contributed by atoms with Gasteiger partial charge in [-0.2, -0.15) is 0 Å². The van der Waals surface area contributed by atoms with Crippen LogP contribution in [0, 0.1) is 11.7 Å². The van der Waals surface area contributed by atoms with Gasteiger partial charge in [0.05, 0.1) is 12.6 Å². The highest BCUT2D eigenvalue weighted by Gasteiger charge is 2.33. The van der Waals surface area contributed by atoms with Gasteiger partial charge in [0, 0.05) is 12.5 Å². The van der Waals surface area contributed by atoms with E-state index in [1.165, 1.54) is 17.7 Å². The van der Waals surface area contributed by atoms with Crippen molar-refractivity contribution in [3.05, 3.63) is 71.0 Å². The molecule has 2 aromatic rings. The smallest absolute Gasteiger partial charge is 0.244 e. The fourth-order valence-corrected chi connectivity index (χ4v) is 3.26. The Bertz CT molecular complexity index is 809. The Hall–Kier alpha value is -2.62. The molecule has 1 atom stereocenters. The van der Waals surface area contributed by atoms with Crippen LogP contribution in [0.5, 0.6) is 5.75 Å². The summed E-state index contributed by atoms with van der Waals surface area (Å²) in [6, 6.07) is 12.3. The zero-order chi connectivity index (χ0) is 17.2. The molecule has 128 valence electrons. The number of carbonyl (C=O) groups is 1. The quantitative estimate of drug-likeness (QED) is 0.836. The molecule has 1 aliphatic carbocycles. The van der Waals surface area contributed by atoms with Gasteiger partial charge in [-0.05, 0) is 65.8 Å². The first-order valence-electron chi connectivity index (χ1n) is 8.69. The van der Waals surface area contributed by atoms with E-state index in [2.05, 4.69) is 11.4 Å². The van der Waals surface area contributed by atoms with E-state index in [4.69, 9.17) is 4.74 Å². The van der Waals surface area contributed by atoms with Crippen LogP contribution in [-0.2, 0) is 11.2 Å². The molecule has 1 N–H and O–H groups in total. The van der Waals surface area contributed by atoms with E-state index in [1.54, 1.807) is 18.2 Å². The van der Waals surface area contributed by atoms with E-state index in [0.29, 0.717) is 5.92 Å². The summed E-state index contributed by atoms with van der Waals surface area (Å²) in [7, 11) is 0. The molecule has 1 unspecified atom stereocenters. The average molecular weight is 337 g/mol. The van der Waals surface area contributed by atoms with Crippen LogP contribution in [0.1, 0.15) is 35.6 Å². The summed E-state index contributed by atoms with van der Waals surface area (Å²) in [6.07, 6.45) is 6.49. The molecule has 4 heteroatoms. The Kier molecular flexibility index (Phi) is 4.26. The molecule has 2 aliphatic rings. The lowest BCUT2D eigenvalue weighted by Crippen LogP contribution is -2.28. The summed E-state index contributed by atoms with van der Waals surface area (Å²) in [5.41, 5.74) is 3.13. The molecule has 0 aromatic heterocycles. The molecule has 4 rings (SSSR count). The minimum Gasteiger partial charge on any atom is -0.493 e. The van der Waals surface area contributed by atoms with Gasteiger partial charge in [0.25, 0.3) is 0 Å². The van der Waals surface area contributed by atoms with Crippen molar-refractivity contribution in [1.29, 1.82) is 0 Å². The van der Waals surface area contributed by atoms with Gasteiger partial charge in [-0.25, -0.2) is 4.39 Å². The Morgan fingerprint density at radius 1 is 1.20 bits per heavy atom. The summed E-state index contributed by atoms with van der Waals surface area (Å²) in [5.74, 6) is 0.995. The standard InChI is InChI=1S/C21H20FNO2/c22-18-7-5-16(6-8-18)21(15-3-4-15)23-20(24)10-2-14-1-9-19-17(13-14)11-12-25-19/h1-2,5-10,13,15,21H,3-4,11-12H2,(H,23,24)/b10-2+. The molecular formula is C21H20FNO2. The number of hydrogen-bond donors (Lipinski definition) is 1. The normalized spacial score (nSPS) is 17.2. The predicted molar refractivity (Wildman–Crippen MR) is 94.7 cm³/mol. The maximum absolute atomic E-state index is 13.1. The highest BCUT2D eigenvalue weighted by Crippen LogP contribution is 2.41. The maximum Gasteiger partial charge on any atom is 0.244 e. The molecular weight excluding hydrogens is 317 g/mol. The van der Waals surface area contributed by atoms with Crippen molar-refractivity contribution < 1.29 is 13.9 Å². The maximum atomic E-state index is 13.1. The van der Waals surface area contributed by atoms with E-state index < -0.39 is 0 Å². The number of hydrogen-bond acceptors (Lipinski definition) is 2. The molecule has 0 spiro atoms. The second-order valence-corrected chi connectivity index (χ2v) is 6.67. The van der Waals surface area contributed by atoms with Crippen molar-refractivity contribution in [2.75, 3.05) is 6.61 Å². The van der Waals surface area contributed by atoms with Crippen molar-refractivity contribution >= 4 is 12.0 Å². The van der Waals surface area contributed by atoms with Gasteiger partial charge in [-0.3, -0.25) is 4.79 Å². The van der Waals surface area contributed by atoms with Crippen LogP contribution in [0.4, 0.5) is 4.39 Å². The van der Waals surface area contributed by atoms with Gasteiger partial charge in [-0.1, -0.05) is 18.2 Å². The van der Waals surface area contributed by atoms with Crippen molar-refractivity contribution in [1.82, 2.24) is 5.32 Å². The van der Waals surface area contributed by atoms with Gasteiger partial charge >= 0.3 is 0 Å². The van der Waals surface area contributed by atoms with Crippen molar-refractivity contribution in [3.63, 3.8) is 0 Å². The first kappa shape index (κ1) is 15.9. The molecule has 3 nitrogen and oxygen atoms in total. The fraction of sp³-hybridized carbons (Fsp3) is 0.286. The number of benzene rings is 2. The van der Waals surface area contributed by atoms with E-state index in [0.717, 1.165) is 42.7 Å². The molecule has 2 aromatic carbocycles. The van der Waals surface area contributed by atoms with E-state index in [9.17, 15) is 9.18 Å². The summed E-state index contributed by atoms with van der Waals surface area (Å²) >= 11 is 0. The lowest BCUT2D eigenvalue weighted by atomic mass is 10.0. The third kappa shape index (κ3) is 3.73. The van der Waals surface area contributed by atoms with Crippen molar-refractivity contribution in [2.24, 2.45) is 5.92 Å². The second-order valence-electron chi connectivity index (χ2n) is 6.67. The monoisotopic (exact) mass is 337 g/mol. The first-order valence-corrected chi connectivity index (χ1v) is 8.69. The zero-order valence-corrected chi connectivity index (χ0v) is 13.9. The highest BCUT2D eigenvalue weighted by atomic mass is 19.1. The Morgan fingerprint density at radius 2 is 2.00 bits per heavy atom. The summed E-state index contributed by atoms with van der Waals surface area (Å²) in [6.45, 7) is 0.726. The summed E-state index contributed by atoms with van der Waals surface area (Å²) in [4.78, 5) is 12.3. The minimum atomic E-state index is -0.259. The lowest BCUT2D eigenvalue weighted by molar-refractivity contribution is -0.117. The fourth-order valence-electron chi connectivity index (χ4n) is 3.26. The average Bonchev–Trinajstić information content (AvgIpc) is 3.35. The van der Waals surface area contributed by atoms with Gasteiger partial charge in [0.15, 0.2) is 0 Å². The molecule has 1 fully saturated rings. The molecule has 0 radical (unpaired) electrons. The number of rotatable bonds is 5. The minimum absolute atomic E-state index is 0.0498. The van der Waals surface area contributed by atoms with Crippen LogP contribution in [0.2, 0.25) is 0 Å². The molecule has 25 heavy (non-hydrogen) atoms. The molecule has 0 saturated heterocycles. The third-order valence-corrected chi connectivity index (χ3v) is 4.76. The van der Waals surface area contributed by atoms with Crippen LogP contribution in [0.3, 0.4) is 0 Å². The van der Waals surface area contributed by atoms with Gasteiger partial charge < -0.3 is 10.1 Å². The van der Waals surface area contributed by atoms with Gasteiger partial charge in [0.2, 0.25) is 5.91 Å². The molecule has 1 heterocycles. The number of ether oxygens (including phenoxy) is 1. The van der Waals surface area contributed by atoms with Gasteiger partial charge in [-0.15, -0.1) is 0 Å². The second kappa shape index (κ2) is 6.71. The number of amides is 1. The Morgan fingerprint density at radius 3 is 2.76 bits per heavy atom. The van der Waals surface area contributed by atoms with E-state index in [-0.39, 0.29) is 17.8 Å². The topological polar surface area (TPSA) is 38.3 Å².